The Morgan fingerprint density at radius 3 is 2.65 bits per heavy atom. The number of carbonyl (C=O) groups is 1. The molecule has 0 bridgehead atoms. The summed E-state index contributed by atoms with van der Waals surface area (Å²) in [6.07, 6.45) is 0.503. The predicted octanol–water partition coefficient (Wildman–Crippen LogP) is 1.27. The summed E-state index contributed by atoms with van der Waals surface area (Å²) in [6.45, 7) is 3.36. The van der Waals surface area contributed by atoms with Crippen LogP contribution in [0.15, 0.2) is 18.2 Å². The highest BCUT2D eigenvalue weighted by Gasteiger charge is 2.12. The van der Waals surface area contributed by atoms with E-state index >= 15 is 0 Å². The van der Waals surface area contributed by atoms with Gasteiger partial charge in [-0.25, -0.2) is 13.1 Å². The summed E-state index contributed by atoms with van der Waals surface area (Å²) in [5, 5.41) is 2.63. The van der Waals surface area contributed by atoms with Gasteiger partial charge in [-0.05, 0) is 31.0 Å². The highest BCUT2D eigenvalue weighted by atomic mass is 32.2. The molecule has 1 rings (SSSR count). The van der Waals surface area contributed by atoms with E-state index in [1.165, 1.54) is 7.11 Å². The maximum atomic E-state index is 11.7. The second-order valence-corrected chi connectivity index (χ2v) is 6.32. The van der Waals surface area contributed by atoms with Crippen molar-refractivity contribution in [1.82, 2.24) is 4.72 Å². The van der Waals surface area contributed by atoms with Crippen LogP contribution in [0.3, 0.4) is 0 Å². The van der Waals surface area contributed by atoms with E-state index in [0.29, 0.717) is 17.9 Å². The van der Waals surface area contributed by atoms with Gasteiger partial charge in [0.2, 0.25) is 15.9 Å². The van der Waals surface area contributed by atoms with Gasteiger partial charge in [-0.1, -0.05) is 13.0 Å². The molecule has 6 nitrogen and oxygen atoms in total. The largest absolute Gasteiger partial charge is 0.495 e. The van der Waals surface area contributed by atoms with Crippen LogP contribution < -0.4 is 14.8 Å². The maximum Gasteiger partial charge on any atom is 0.239 e. The van der Waals surface area contributed by atoms with Crippen molar-refractivity contribution in [2.24, 2.45) is 0 Å². The van der Waals surface area contributed by atoms with Crippen LogP contribution in [0.25, 0.3) is 0 Å². The van der Waals surface area contributed by atoms with E-state index in [9.17, 15) is 13.2 Å². The first kappa shape index (κ1) is 16.5. The van der Waals surface area contributed by atoms with Gasteiger partial charge in [-0.2, -0.15) is 0 Å². The average molecular weight is 300 g/mol. The highest BCUT2D eigenvalue weighted by Crippen LogP contribution is 2.24. The molecule has 0 saturated heterocycles. The van der Waals surface area contributed by atoms with Gasteiger partial charge < -0.3 is 10.1 Å². The first-order chi connectivity index (χ1) is 9.38. The number of amides is 1. The fourth-order valence-corrected chi connectivity index (χ4v) is 2.66. The molecular weight excluding hydrogens is 280 g/mol. The Balaban J connectivity index is 2.65. The second-order valence-electron chi connectivity index (χ2n) is 4.39. The lowest BCUT2D eigenvalue weighted by Gasteiger charge is -2.11. The molecule has 0 spiro atoms. The number of nitrogens with one attached hydrogen (secondary N) is 2. The third-order valence-corrected chi connectivity index (χ3v) is 4.08. The van der Waals surface area contributed by atoms with Crippen LogP contribution in [0.4, 0.5) is 5.69 Å². The van der Waals surface area contributed by atoms with Crippen LogP contribution in [0.2, 0.25) is 0 Å². The van der Waals surface area contributed by atoms with Crippen molar-refractivity contribution in [3.63, 3.8) is 0 Å². The molecule has 0 heterocycles. The minimum Gasteiger partial charge on any atom is -0.495 e. The molecular formula is C13H20N2O4S. The number of rotatable bonds is 7. The zero-order valence-corrected chi connectivity index (χ0v) is 12.7. The van der Waals surface area contributed by atoms with Gasteiger partial charge in [0.1, 0.15) is 5.75 Å². The number of hydrogen-bond donors (Lipinski definition) is 2. The van der Waals surface area contributed by atoms with Crippen molar-refractivity contribution < 1.29 is 17.9 Å². The van der Waals surface area contributed by atoms with Crippen LogP contribution in [0.1, 0.15) is 18.9 Å². The lowest BCUT2D eigenvalue weighted by Crippen LogP contribution is -2.34. The summed E-state index contributed by atoms with van der Waals surface area (Å²) in [4.78, 5) is 11.7. The van der Waals surface area contributed by atoms with Crippen molar-refractivity contribution in [1.29, 1.82) is 0 Å². The molecule has 0 unspecified atom stereocenters. The van der Waals surface area contributed by atoms with Crippen LogP contribution in [-0.2, 0) is 14.8 Å². The molecule has 0 fully saturated rings. The van der Waals surface area contributed by atoms with E-state index in [0.717, 1.165) is 5.56 Å². The zero-order valence-electron chi connectivity index (χ0n) is 11.9. The van der Waals surface area contributed by atoms with Crippen LogP contribution in [-0.4, -0.2) is 33.7 Å². The fourth-order valence-electron chi connectivity index (χ4n) is 1.63. The first-order valence-electron chi connectivity index (χ1n) is 6.29. The van der Waals surface area contributed by atoms with Crippen molar-refractivity contribution in [3.8, 4) is 5.75 Å². The molecule has 0 aliphatic rings. The number of aryl methyl sites for hydroxylation is 1. The van der Waals surface area contributed by atoms with E-state index in [4.69, 9.17) is 4.74 Å². The number of methoxy groups -OCH3 is 1. The number of carbonyl (C=O) groups excluding carboxylic acids is 1. The molecule has 0 radical (unpaired) electrons. The monoisotopic (exact) mass is 300 g/mol. The molecule has 1 aromatic rings. The predicted molar refractivity (Wildman–Crippen MR) is 78.4 cm³/mol. The lowest BCUT2D eigenvalue weighted by atomic mass is 10.2. The summed E-state index contributed by atoms with van der Waals surface area (Å²) >= 11 is 0. The lowest BCUT2D eigenvalue weighted by molar-refractivity contribution is -0.115. The Labute approximate surface area is 119 Å². The van der Waals surface area contributed by atoms with Crippen molar-refractivity contribution in [2.75, 3.05) is 24.7 Å². The molecule has 2 N–H and O–H groups in total. The molecule has 0 aliphatic heterocycles. The van der Waals surface area contributed by atoms with Crippen LogP contribution in [0.5, 0.6) is 5.75 Å². The highest BCUT2D eigenvalue weighted by molar-refractivity contribution is 7.89. The van der Waals surface area contributed by atoms with Crippen molar-refractivity contribution in [3.05, 3.63) is 23.8 Å². The van der Waals surface area contributed by atoms with Crippen LogP contribution >= 0.6 is 0 Å². The van der Waals surface area contributed by atoms with Gasteiger partial charge >= 0.3 is 0 Å². The SMILES string of the molecule is CCCS(=O)(=O)NCC(=O)Nc1cc(C)ccc1OC. The minimum atomic E-state index is -3.38. The van der Waals surface area contributed by atoms with E-state index in [1.807, 2.05) is 13.0 Å². The maximum absolute atomic E-state index is 11.7. The zero-order chi connectivity index (χ0) is 15.2. The second kappa shape index (κ2) is 7.25. The number of sulfonamides is 1. The number of anilines is 1. The van der Waals surface area contributed by atoms with Gasteiger partial charge in [0.05, 0.1) is 25.1 Å². The number of hydrogen-bond acceptors (Lipinski definition) is 4. The molecule has 0 saturated carbocycles. The Kier molecular flexibility index (Phi) is 5.97. The molecule has 1 amide bonds. The number of ether oxygens (including phenoxy) is 1. The Bertz CT molecular complexity index is 570. The Hall–Kier alpha value is -1.60. The molecule has 0 aliphatic carbocycles. The average Bonchev–Trinajstić information content (AvgIpc) is 2.37. The molecule has 112 valence electrons. The van der Waals surface area contributed by atoms with E-state index < -0.39 is 15.9 Å². The summed E-state index contributed by atoms with van der Waals surface area (Å²) in [5.74, 6) is 0.0996. The van der Waals surface area contributed by atoms with Gasteiger partial charge in [0.25, 0.3) is 0 Å². The topological polar surface area (TPSA) is 84.5 Å². The molecule has 1 aromatic carbocycles. The first-order valence-corrected chi connectivity index (χ1v) is 7.95. The minimum absolute atomic E-state index is 0.00798. The van der Waals surface area contributed by atoms with E-state index in [1.54, 1.807) is 19.1 Å². The Morgan fingerprint density at radius 2 is 2.05 bits per heavy atom. The van der Waals surface area contributed by atoms with Gasteiger partial charge in [0, 0.05) is 0 Å². The quantitative estimate of drug-likeness (QED) is 0.794. The third kappa shape index (κ3) is 5.18. The van der Waals surface area contributed by atoms with Crippen molar-refractivity contribution in [2.45, 2.75) is 20.3 Å². The van der Waals surface area contributed by atoms with Crippen molar-refractivity contribution >= 4 is 21.6 Å². The molecule has 20 heavy (non-hydrogen) atoms. The summed E-state index contributed by atoms with van der Waals surface area (Å²) in [7, 11) is -1.88. The summed E-state index contributed by atoms with van der Waals surface area (Å²) in [6, 6.07) is 5.36. The third-order valence-electron chi connectivity index (χ3n) is 2.55. The normalized spacial score (nSPS) is 11.2. The van der Waals surface area contributed by atoms with E-state index in [2.05, 4.69) is 10.0 Å². The summed E-state index contributed by atoms with van der Waals surface area (Å²) in [5.41, 5.74) is 1.49. The molecule has 7 heteroatoms. The molecule has 0 aromatic heterocycles. The standard InChI is InChI=1S/C13H20N2O4S/c1-4-7-20(17,18)14-9-13(16)15-11-8-10(2)5-6-12(11)19-3/h5-6,8,14H,4,7,9H2,1-3H3,(H,15,16). The fraction of sp³-hybridized carbons (Fsp3) is 0.462. The smallest absolute Gasteiger partial charge is 0.239 e. The summed E-state index contributed by atoms with van der Waals surface area (Å²) < 4.78 is 30.3. The van der Waals surface area contributed by atoms with Gasteiger partial charge in [0.15, 0.2) is 0 Å². The van der Waals surface area contributed by atoms with Gasteiger partial charge in [-0.15, -0.1) is 0 Å². The van der Waals surface area contributed by atoms with Gasteiger partial charge in [-0.3, -0.25) is 4.79 Å². The number of benzene rings is 1. The van der Waals surface area contributed by atoms with Crippen LogP contribution in [0, 0.1) is 6.92 Å². The van der Waals surface area contributed by atoms with E-state index in [-0.39, 0.29) is 12.3 Å². The Morgan fingerprint density at radius 1 is 1.35 bits per heavy atom. The molecule has 0 atom stereocenters.